The highest BCUT2D eigenvalue weighted by Gasteiger charge is 2.40. The second kappa shape index (κ2) is 4.08. The quantitative estimate of drug-likeness (QED) is 0.593. The standard InChI is InChI=1S/C13H14N2O3/c16-13-7-11-5-6-12(8-13)14(11)9-1-3-10(4-2-9)15(17)18/h1-4,11-12H,5-8H2/t11-,12+. The molecule has 5 heteroatoms. The molecule has 0 amide bonds. The van der Waals surface area contributed by atoms with Gasteiger partial charge in [0.25, 0.3) is 5.69 Å². The van der Waals surface area contributed by atoms with Gasteiger partial charge in [-0.15, -0.1) is 0 Å². The monoisotopic (exact) mass is 246 g/mol. The van der Waals surface area contributed by atoms with E-state index in [1.54, 1.807) is 12.1 Å². The molecule has 0 radical (unpaired) electrons. The molecule has 1 aromatic rings. The lowest BCUT2D eigenvalue weighted by molar-refractivity contribution is -0.384. The molecule has 1 aromatic carbocycles. The largest absolute Gasteiger partial charge is 0.365 e. The van der Waals surface area contributed by atoms with E-state index < -0.39 is 4.92 Å². The third-order valence-electron chi connectivity index (χ3n) is 3.91. The summed E-state index contributed by atoms with van der Waals surface area (Å²) in [6, 6.07) is 7.23. The van der Waals surface area contributed by atoms with Crippen molar-refractivity contribution in [3.05, 3.63) is 34.4 Å². The summed E-state index contributed by atoms with van der Waals surface area (Å²) < 4.78 is 0. The minimum atomic E-state index is -0.391. The molecular formula is C13H14N2O3. The van der Waals surface area contributed by atoms with E-state index in [1.165, 1.54) is 12.1 Å². The van der Waals surface area contributed by atoms with Crippen LogP contribution in [0.4, 0.5) is 11.4 Å². The summed E-state index contributed by atoms with van der Waals surface area (Å²) in [6.45, 7) is 0. The maximum Gasteiger partial charge on any atom is 0.269 e. The van der Waals surface area contributed by atoms with Crippen LogP contribution in [0.5, 0.6) is 0 Å². The first-order valence-corrected chi connectivity index (χ1v) is 6.19. The zero-order valence-electron chi connectivity index (χ0n) is 9.91. The van der Waals surface area contributed by atoms with Gasteiger partial charge in [-0.25, -0.2) is 0 Å². The molecule has 18 heavy (non-hydrogen) atoms. The Hall–Kier alpha value is -1.91. The van der Waals surface area contributed by atoms with E-state index in [9.17, 15) is 14.9 Å². The smallest absolute Gasteiger partial charge is 0.269 e. The number of nitro groups is 1. The zero-order chi connectivity index (χ0) is 12.7. The van der Waals surface area contributed by atoms with Gasteiger partial charge in [-0.1, -0.05) is 0 Å². The number of piperidine rings is 1. The molecule has 0 aromatic heterocycles. The van der Waals surface area contributed by atoms with Gasteiger partial charge in [-0.2, -0.15) is 0 Å². The Balaban J connectivity index is 1.87. The lowest BCUT2D eigenvalue weighted by Crippen LogP contribution is -2.43. The Morgan fingerprint density at radius 3 is 2.17 bits per heavy atom. The molecule has 2 aliphatic rings. The molecule has 5 nitrogen and oxygen atoms in total. The second-order valence-electron chi connectivity index (χ2n) is 5.01. The van der Waals surface area contributed by atoms with Crippen LogP contribution in [0.2, 0.25) is 0 Å². The van der Waals surface area contributed by atoms with Crippen molar-refractivity contribution in [1.82, 2.24) is 0 Å². The van der Waals surface area contributed by atoms with Crippen LogP contribution >= 0.6 is 0 Å². The third-order valence-corrected chi connectivity index (χ3v) is 3.91. The van der Waals surface area contributed by atoms with Gasteiger partial charge in [0, 0.05) is 42.7 Å². The fourth-order valence-electron chi connectivity index (χ4n) is 3.14. The first-order chi connectivity index (χ1) is 8.65. The molecule has 0 saturated carbocycles. The van der Waals surface area contributed by atoms with Crippen LogP contribution in [-0.4, -0.2) is 22.8 Å². The number of carbonyl (C=O) groups is 1. The Morgan fingerprint density at radius 2 is 1.67 bits per heavy atom. The van der Waals surface area contributed by atoms with Crippen LogP contribution < -0.4 is 4.90 Å². The van der Waals surface area contributed by atoms with Crippen LogP contribution in [0, 0.1) is 10.1 Å². The minimum Gasteiger partial charge on any atom is -0.365 e. The van der Waals surface area contributed by atoms with Gasteiger partial charge in [0.1, 0.15) is 5.78 Å². The molecule has 2 saturated heterocycles. The summed E-state index contributed by atoms with van der Waals surface area (Å²) in [5.74, 6) is 0.348. The first kappa shape index (κ1) is 11.2. The van der Waals surface area contributed by atoms with E-state index >= 15 is 0 Å². The number of nitro benzene ring substituents is 1. The summed E-state index contributed by atoms with van der Waals surface area (Å²) in [5, 5.41) is 10.6. The highest BCUT2D eigenvalue weighted by atomic mass is 16.6. The number of carbonyl (C=O) groups excluding carboxylic acids is 1. The molecule has 2 atom stereocenters. The van der Waals surface area contributed by atoms with Gasteiger partial charge in [0.05, 0.1) is 4.92 Å². The van der Waals surface area contributed by atoms with Gasteiger partial charge in [0.15, 0.2) is 0 Å². The van der Waals surface area contributed by atoms with Crippen molar-refractivity contribution in [2.45, 2.75) is 37.8 Å². The molecule has 0 spiro atoms. The van der Waals surface area contributed by atoms with E-state index in [-0.39, 0.29) is 17.8 Å². The average molecular weight is 246 g/mol. The topological polar surface area (TPSA) is 63.5 Å². The van der Waals surface area contributed by atoms with Crippen LogP contribution in [0.3, 0.4) is 0 Å². The second-order valence-corrected chi connectivity index (χ2v) is 5.01. The van der Waals surface area contributed by atoms with Gasteiger partial charge >= 0.3 is 0 Å². The molecule has 2 aliphatic heterocycles. The molecule has 0 N–H and O–H groups in total. The third kappa shape index (κ3) is 1.75. The molecular weight excluding hydrogens is 232 g/mol. The maximum absolute atomic E-state index is 11.5. The Labute approximate surface area is 105 Å². The fourth-order valence-corrected chi connectivity index (χ4v) is 3.14. The number of fused-ring (bicyclic) bond motifs is 2. The van der Waals surface area contributed by atoms with Crippen molar-refractivity contribution in [1.29, 1.82) is 0 Å². The van der Waals surface area contributed by atoms with Crippen LogP contribution in [0.25, 0.3) is 0 Å². The maximum atomic E-state index is 11.5. The van der Waals surface area contributed by atoms with Crippen molar-refractivity contribution in [3.8, 4) is 0 Å². The predicted molar refractivity (Wildman–Crippen MR) is 66.6 cm³/mol. The highest BCUT2D eigenvalue weighted by Crippen LogP contribution is 2.38. The highest BCUT2D eigenvalue weighted by molar-refractivity contribution is 5.83. The SMILES string of the molecule is O=C1C[C@H]2CC[C@@H](C1)N2c1ccc([N+](=O)[O-])cc1. The number of benzene rings is 1. The number of anilines is 1. The van der Waals surface area contributed by atoms with Crippen molar-refractivity contribution in [2.75, 3.05) is 4.90 Å². The number of ketones is 1. The minimum absolute atomic E-state index is 0.110. The van der Waals surface area contributed by atoms with Crippen LogP contribution in [-0.2, 0) is 4.79 Å². The lowest BCUT2D eigenvalue weighted by atomic mass is 10.0. The Bertz CT molecular complexity index is 481. The van der Waals surface area contributed by atoms with Gasteiger partial charge in [-0.05, 0) is 25.0 Å². The van der Waals surface area contributed by atoms with E-state index in [4.69, 9.17) is 0 Å². The van der Waals surface area contributed by atoms with E-state index in [0.29, 0.717) is 18.6 Å². The molecule has 0 aliphatic carbocycles. The van der Waals surface area contributed by atoms with Gasteiger partial charge in [-0.3, -0.25) is 14.9 Å². The van der Waals surface area contributed by atoms with Crippen molar-refractivity contribution < 1.29 is 9.72 Å². The summed E-state index contributed by atoms with van der Waals surface area (Å²) in [5.41, 5.74) is 1.11. The van der Waals surface area contributed by atoms with Crippen LogP contribution in [0.15, 0.2) is 24.3 Å². The van der Waals surface area contributed by atoms with Gasteiger partial charge in [0.2, 0.25) is 0 Å². The number of rotatable bonds is 2. The number of hydrogen-bond donors (Lipinski definition) is 0. The normalized spacial score (nSPS) is 26.4. The Morgan fingerprint density at radius 1 is 1.11 bits per heavy atom. The van der Waals surface area contributed by atoms with E-state index in [1.807, 2.05) is 0 Å². The van der Waals surface area contributed by atoms with Crippen molar-refractivity contribution in [2.24, 2.45) is 0 Å². The van der Waals surface area contributed by atoms with E-state index in [0.717, 1.165) is 18.5 Å². The fraction of sp³-hybridized carbons (Fsp3) is 0.462. The number of Topliss-reactive ketones (excluding diaryl/α,β-unsaturated/α-hetero) is 1. The molecule has 2 fully saturated rings. The summed E-state index contributed by atoms with van der Waals surface area (Å²) in [7, 11) is 0. The number of non-ortho nitro benzene ring substituents is 1. The zero-order valence-corrected chi connectivity index (χ0v) is 9.91. The number of nitrogens with zero attached hydrogens (tertiary/aromatic N) is 2. The molecule has 94 valence electrons. The summed E-state index contributed by atoms with van der Waals surface area (Å²) in [4.78, 5) is 24.0. The first-order valence-electron chi connectivity index (χ1n) is 6.19. The van der Waals surface area contributed by atoms with Gasteiger partial charge < -0.3 is 4.90 Å². The van der Waals surface area contributed by atoms with Crippen molar-refractivity contribution >= 4 is 17.2 Å². The molecule has 2 heterocycles. The molecule has 2 bridgehead atoms. The molecule has 0 unspecified atom stereocenters. The van der Waals surface area contributed by atoms with Crippen molar-refractivity contribution in [3.63, 3.8) is 0 Å². The van der Waals surface area contributed by atoms with E-state index in [2.05, 4.69) is 4.90 Å². The lowest BCUT2D eigenvalue weighted by Gasteiger charge is -2.36. The summed E-state index contributed by atoms with van der Waals surface area (Å²) in [6.07, 6.45) is 3.34. The number of hydrogen-bond acceptors (Lipinski definition) is 4. The molecule has 3 rings (SSSR count). The average Bonchev–Trinajstić information content (AvgIpc) is 2.62. The summed E-state index contributed by atoms with van der Waals surface area (Å²) >= 11 is 0. The van der Waals surface area contributed by atoms with Crippen LogP contribution in [0.1, 0.15) is 25.7 Å². The Kier molecular flexibility index (Phi) is 2.54. The predicted octanol–water partition coefficient (Wildman–Crippen LogP) is 2.30.